The van der Waals surface area contributed by atoms with Crippen molar-refractivity contribution in [1.29, 1.82) is 0 Å². The molecule has 134 valence electrons. The third-order valence-electron chi connectivity index (χ3n) is 4.68. The van der Waals surface area contributed by atoms with Crippen molar-refractivity contribution in [2.75, 3.05) is 13.2 Å². The third-order valence-corrected chi connectivity index (χ3v) is 4.68. The fourth-order valence-electron chi connectivity index (χ4n) is 3.22. The van der Waals surface area contributed by atoms with Crippen molar-refractivity contribution in [3.8, 4) is 0 Å². The highest BCUT2D eigenvalue weighted by molar-refractivity contribution is 5.94. The van der Waals surface area contributed by atoms with Gasteiger partial charge in [-0.2, -0.15) is 0 Å². The van der Waals surface area contributed by atoms with E-state index >= 15 is 0 Å². The van der Waals surface area contributed by atoms with Crippen LogP contribution in [0.3, 0.4) is 0 Å². The molecular weight excluding hydrogens is 314 g/mol. The summed E-state index contributed by atoms with van der Waals surface area (Å²) in [5, 5.41) is 0. The van der Waals surface area contributed by atoms with E-state index < -0.39 is 0 Å². The summed E-state index contributed by atoms with van der Waals surface area (Å²) in [5.74, 6) is 0.833. The highest BCUT2D eigenvalue weighted by Gasteiger charge is 2.24. The van der Waals surface area contributed by atoms with E-state index in [4.69, 9.17) is 9.15 Å². The second-order valence-electron chi connectivity index (χ2n) is 6.70. The van der Waals surface area contributed by atoms with E-state index in [2.05, 4.69) is 19.1 Å². The van der Waals surface area contributed by atoms with Gasteiger partial charge < -0.3 is 14.1 Å². The second kappa shape index (κ2) is 8.86. The normalized spacial score (nSPS) is 16.9. The molecule has 2 aromatic rings. The van der Waals surface area contributed by atoms with E-state index in [1.54, 1.807) is 6.26 Å². The first-order valence-electron chi connectivity index (χ1n) is 9.28. The van der Waals surface area contributed by atoms with Crippen LogP contribution < -0.4 is 0 Å². The summed E-state index contributed by atoms with van der Waals surface area (Å²) >= 11 is 0. The van der Waals surface area contributed by atoms with Crippen LogP contribution >= 0.6 is 0 Å². The molecule has 0 aliphatic carbocycles. The Bertz CT molecular complexity index is 642. The van der Waals surface area contributed by atoms with E-state index in [1.165, 1.54) is 18.4 Å². The number of benzene rings is 1. The van der Waals surface area contributed by atoms with Crippen LogP contribution in [0.4, 0.5) is 0 Å². The summed E-state index contributed by atoms with van der Waals surface area (Å²) in [5.41, 5.74) is 2.01. The number of aryl methyl sites for hydroxylation is 1. The number of nitrogens with zero attached hydrogens (tertiary/aromatic N) is 1. The van der Waals surface area contributed by atoms with Gasteiger partial charge in [-0.3, -0.25) is 4.79 Å². The maximum atomic E-state index is 13.0. The first kappa shape index (κ1) is 17.7. The molecule has 4 heteroatoms. The first-order valence-corrected chi connectivity index (χ1v) is 9.28. The lowest BCUT2D eigenvalue weighted by Crippen LogP contribution is -2.36. The maximum Gasteiger partial charge on any atom is 0.254 e. The van der Waals surface area contributed by atoms with E-state index in [1.807, 2.05) is 29.2 Å². The zero-order chi connectivity index (χ0) is 17.5. The molecule has 1 amide bonds. The number of rotatable bonds is 8. The molecule has 0 radical (unpaired) electrons. The van der Waals surface area contributed by atoms with Crippen molar-refractivity contribution in [3.63, 3.8) is 0 Å². The van der Waals surface area contributed by atoms with Crippen LogP contribution in [-0.2, 0) is 17.7 Å². The van der Waals surface area contributed by atoms with Crippen molar-refractivity contribution in [1.82, 2.24) is 4.90 Å². The van der Waals surface area contributed by atoms with E-state index in [0.29, 0.717) is 13.1 Å². The Hall–Kier alpha value is -2.07. The highest BCUT2D eigenvalue weighted by Crippen LogP contribution is 2.18. The molecule has 2 heterocycles. The Kier molecular flexibility index (Phi) is 6.29. The van der Waals surface area contributed by atoms with Crippen LogP contribution in [-0.4, -0.2) is 30.1 Å². The molecule has 0 saturated carbocycles. The molecule has 0 unspecified atom stereocenters. The summed E-state index contributed by atoms with van der Waals surface area (Å²) < 4.78 is 11.2. The van der Waals surface area contributed by atoms with Gasteiger partial charge in [-0.25, -0.2) is 0 Å². The number of hydrogen-bond donors (Lipinski definition) is 0. The molecule has 1 fully saturated rings. The van der Waals surface area contributed by atoms with Crippen LogP contribution in [0.1, 0.15) is 54.3 Å². The number of carbonyl (C=O) groups is 1. The number of furan rings is 1. The van der Waals surface area contributed by atoms with Gasteiger partial charge in [0.25, 0.3) is 5.91 Å². The predicted molar refractivity (Wildman–Crippen MR) is 97.5 cm³/mol. The van der Waals surface area contributed by atoms with Crippen molar-refractivity contribution in [2.45, 2.75) is 51.7 Å². The lowest BCUT2D eigenvalue weighted by Gasteiger charge is -2.25. The molecule has 0 spiro atoms. The number of unbranched alkanes of at least 4 members (excludes halogenated alkanes) is 1. The fourth-order valence-corrected chi connectivity index (χ4v) is 3.22. The number of amides is 1. The molecule has 1 atom stereocenters. The minimum atomic E-state index is 0.0361. The topological polar surface area (TPSA) is 42.7 Å². The summed E-state index contributed by atoms with van der Waals surface area (Å²) in [6.45, 7) is 4.06. The molecule has 25 heavy (non-hydrogen) atoms. The zero-order valence-electron chi connectivity index (χ0n) is 14.9. The average Bonchev–Trinajstić information content (AvgIpc) is 3.33. The smallest absolute Gasteiger partial charge is 0.254 e. The first-order chi connectivity index (χ1) is 12.3. The van der Waals surface area contributed by atoms with Crippen LogP contribution in [0.2, 0.25) is 0 Å². The third kappa shape index (κ3) is 4.95. The SMILES string of the molecule is CCCCc1ccc(C(=O)N(Cc2ccco2)C[C@@H]2CCCO2)cc1. The highest BCUT2D eigenvalue weighted by atomic mass is 16.5. The van der Waals surface area contributed by atoms with Crippen molar-refractivity contribution >= 4 is 5.91 Å². The summed E-state index contributed by atoms with van der Waals surface area (Å²) in [4.78, 5) is 14.9. The predicted octanol–water partition coefficient (Wildman–Crippen LogP) is 4.44. The van der Waals surface area contributed by atoms with Crippen molar-refractivity contribution in [2.24, 2.45) is 0 Å². The monoisotopic (exact) mass is 341 g/mol. The molecule has 1 aliphatic rings. The number of hydrogen-bond acceptors (Lipinski definition) is 3. The molecule has 0 N–H and O–H groups in total. The lowest BCUT2D eigenvalue weighted by molar-refractivity contribution is 0.0491. The Labute approximate surface area is 149 Å². The number of ether oxygens (including phenoxy) is 1. The quantitative estimate of drug-likeness (QED) is 0.713. The summed E-state index contributed by atoms with van der Waals surface area (Å²) in [6.07, 6.45) is 7.28. The molecule has 1 aromatic carbocycles. The van der Waals surface area contributed by atoms with Gasteiger partial charge in [-0.05, 0) is 55.5 Å². The van der Waals surface area contributed by atoms with Crippen molar-refractivity contribution < 1.29 is 13.9 Å². The molecule has 3 rings (SSSR count). The average molecular weight is 341 g/mol. The summed E-state index contributed by atoms with van der Waals surface area (Å²) in [7, 11) is 0. The molecule has 1 aromatic heterocycles. The Morgan fingerprint density at radius 2 is 2.08 bits per heavy atom. The Balaban J connectivity index is 1.70. The van der Waals surface area contributed by atoms with E-state index in [9.17, 15) is 4.79 Å². The van der Waals surface area contributed by atoms with Gasteiger partial charge in [0, 0.05) is 18.7 Å². The lowest BCUT2D eigenvalue weighted by atomic mass is 10.1. The van der Waals surface area contributed by atoms with Crippen molar-refractivity contribution in [3.05, 3.63) is 59.5 Å². The van der Waals surface area contributed by atoms with Gasteiger partial charge in [-0.1, -0.05) is 25.5 Å². The fraction of sp³-hybridized carbons (Fsp3) is 0.476. The number of carbonyl (C=O) groups excluding carboxylic acids is 1. The largest absolute Gasteiger partial charge is 0.467 e. The van der Waals surface area contributed by atoms with Gasteiger partial charge in [0.15, 0.2) is 0 Å². The van der Waals surface area contributed by atoms with Crippen LogP contribution in [0.25, 0.3) is 0 Å². The molecular formula is C21H27NO3. The van der Waals surface area contributed by atoms with Gasteiger partial charge in [0.05, 0.1) is 18.9 Å². The zero-order valence-corrected chi connectivity index (χ0v) is 14.9. The van der Waals surface area contributed by atoms with Crippen LogP contribution in [0.5, 0.6) is 0 Å². The Morgan fingerprint density at radius 3 is 2.72 bits per heavy atom. The minimum Gasteiger partial charge on any atom is -0.467 e. The van der Waals surface area contributed by atoms with Gasteiger partial charge in [-0.15, -0.1) is 0 Å². The van der Waals surface area contributed by atoms with Gasteiger partial charge in [0.1, 0.15) is 5.76 Å². The maximum absolute atomic E-state index is 13.0. The summed E-state index contributed by atoms with van der Waals surface area (Å²) in [6, 6.07) is 11.8. The van der Waals surface area contributed by atoms with Crippen LogP contribution in [0, 0.1) is 0 Å². The molecule has 1 aliphatic heterocycles. The molecule has 1 saturated heterocycles. The Morgan fingerprint density at radius 1 is 1.24 bits per heavy atom. The van der Waals surface area contributed by atoms with Crippen LogP contribution in [0.15, 0.2) is 47.1 Å². The van der Waals surface area contributed by atoms with Gasteiger partial charge >= 0.3 is 0 Å². The molecule has 0 bridgehead atoms. The molecule has 4 nitrogen and oxygen atoms in total. The standard InChI is InChI=1S/C21H27NO3/c1-2-3-6-17-9-11-18(12-10-17)21(23)22(15-19-7-4-13-24-19)16-20-8-5-14-25-20/h4,7,9-13,20H,2-3,5-6,8,14-16H2,1H3/t20-/m0/s1. The van der Waals surface area contributed by atoms with Gasteiger partial charge in [0.2, 0.25) is 0 Å². The van der Waals surface area contributed by atoms with E-state index in [0.717, 1.165) is 37.2 Å². The second-order valence-corrected chi connectivity index (χ2v) is 6.70. The minimum absolute atomic E-state index is 0.0361. The van der Waals surface area contributed by atoms with E-state index in [-0.39, 0.29) is 12.0 Å².